The van der Waals surface area contributed by atoms with Crippen molar-refractivity contribution in [2.75, 3.05) is 35.6 Å². The zero-order valence-electron chi connectivity index (χ0n) is 15.5. The highest BCUT2D eigenvalue weighted by atomic mass is 16.5. The average molecular weight is 367 g/mol. The molecule has 1 atom stereocenters. The Labute approximate surface area is 159 Å². The van der Waals surface area contributed by atoms with Crippen LogP contribution < -0.4 is 16.0 Å². The summed E-state index contributed by atoms with van der Waals surface area (Å²) in [5, 5.41) is 2.83. The predicted molar refractivity (Wildman–Crippen MR) is 107 cm³/mol. The summed E-state index contributed by atoms with van der Waals surface area (Å²) in [7, 11) is 0. The van der Waals surface area contributed by atoms with Crippen LogP contribution in [0.2, 0.25) is 0 Å². The smallest absolute Gasteiger partial charge is 0.306 e. The zero-order chi connectivity index (χ0) is 19.2. The largest absolute Gasteiger partial charge is 0.466 e. The van der Waals surface area contributed by atoms with Gasteiger partial charge in [0.25, 0.3) is 5.91 Å². The van der Waals surface area contributed by atoms with Crippen LogP contribution in [0.1, 0.15) is 30.1 Å². The lowest BCUT2D eigenvalue weighted by atomic mass is 10.1. The van der Waals surface area contributed by atoms with Gasteiger partial charge >= 0.3 is 5.97 Å². The van der Waals surface area contributed by atoms with Crippen LogP contribution in [0, 0.1) is 5.92 Å². The molecule has 1 aliphatic rings. The number of ether oxygens (including phenoxy) is 1. The molecule has 0 aromatic heterocycles. The molecule has 6 nitrogen and oxygen atoms in total. The van der Waals surface area contributed by atoms with Gasteiger partial charge < -0.3 is 20.7 Å². The van der Waals surface area contributed by atoms with Gasteiger partial charge in [-0.05, 0) is 55.7 Å². The van der Waals surface area contributed by atoms with Gasteiger partial charge in [-0.25, -0.2) is 0 Å². The van der Waals surface area contributed by atoms with Gasteiger partial charge in [-0.1, -0.05) is 12.1 Å². The Bertz CT molecular complexity index is 805. The van der Waals surface area contributed by atoms with Crippen LogP contribution in [0.5, 0.6) is 0 Å². The first-order valence-electron chi connectivity index (χ1n) is 9.23. The lowest BCUT2D eigenvalue weighted by molar-refractivity contribution is -0.144. The Kier molecular flexibility index (Phi) is 5.96. The van der Waals surface area contributed by atoms with E-state index in [9.17, 15) is 9.59 Å². The second-order valence-electron chi connectivity index (χ2n) is 6.70. The van der Waals surface area contributed by atoms with Crippen molar-refractivity contribution >= 4 is 28.9 Å². The highest BCUT2D eigenvalue weighted by molar-refractivity contribution is 6.05. The molecule has 0 unspecified atom stereocenters. The van der Waals surface area contributed by atoms with Gasteiger partial charge in [0, 0.05) is 24.3 Å². The topological polar surface area (TPSA) is 84.7 Å². The molecule has 3 rings (SSSR count). The zero-order valence-corrected chi connectivity index (χ0v) is 15.5. The average Bonchev–Trinajstić information content (AvgIpc) is 3.12. The van der Waals surface area contributed by atoms with E-state index >= 15 is 0 Å². The molecule has 1 fully saturated rings. The molecule has 0 radical (unpaired) electrons. The molecule has 0 bridgehead atoms. The molecule has 1 heterocycles. The second-order valence-corrected chi connectivity index (χ2v) is 6.70. The quantitative estimate of drug-likeness (QED) is 0.604. The molecular formula is C21H25N3O3. The van der Waals surface area contributed by atoms with E-state index in [4.69, 9.17) is 10.5 Å². The first kappa shape index (κ1) is 18.8. The van der Waals surface area contributed by atoms with Gasteiger partial charge in [-0.2, -0.15) is 0 Å². The van der Waals surface area contributed by atoms with Gasteiger partial charge in [0.2, 0.25) is 0 Å². The molecule has 0 aliphatic carbocycles. The lowest BCUT2D eigenvalue weighted by Gasteiger charge is -2.19. The summed E-state index contributed by atoms with van der Waals surface area (Å²) in [4.78, 5) is 26.3. The number of nitrogens with one attached hydrogen (secondary N) is 1. The van der Waals surface area contributed by atoms with Gasteiger partial charge in [0.15, 0.2) is 0 Å². The number of amides is 1. The molecule has 142 valence electrons. The van der Waals surface area contributed by atoms with Crippen LogP contribution in [0.25, 0.3) is 0 Å². The number of carbonyl (C=O) groups is 2. The molecular weight excluding hydrogens is 342 g/mol. The van der Waals surface area contributed by atoms with E-state index in [0.29, 0.717) is 35.9 Å². The molecule has 1 saturated heterocycles. The number of esters is 1. The van der Waals surface area contributed by atoms with Crippen molar-refractivity contribution in [2.24, 2.45) is 5.92 Å². The number of nitrogens with zero attached hydrogens (tertiary/aromatic N) is 1. The van der Waals surface area contributed by atoms with Crippen LogP contribution in [0.3, 0.4) is 0 Å². The van der Waals surface area contributed by atoms with Crippen molar-refractivity contribution in [3.05, 3.63) is 54.1 Å². The molecule has 1 amide bonds. The minimum absolute atomic E-state index is 0.128. The number of rotatable bonds is 6. The van der Waals surface area contributed by atoms with E-state index in [1.165, 1.54) is 0 Å². The van der Waals surface area contributed by atoms with E-state index in [0.717, 1.165) is 25.2 Å². The maximum Gasteiger partial charge on any atom is 0.306 e. The first-order valence-corrected chi connectivity index (χ1v) is 9.23. The van der Waals surface area contributed by atoms with Crippen LogP contribution in [0.4, 0.5) is 17.1 Å². The number of anilines is 3. The normalized spacial score (nSPS) is 16.2. The van der Waals surface area contributed by atoms with Crippen molar-refractivity contribution < 1.29 is 14.3 Å². The van der Waals surface area contributed by atoms with E-state index in [1.54, 1.807) is 12.1 Å². The SMILES string of the molecule is CCOC(=O)C[C@H]1CCN(c2ccc(C(=O)Nc3ccccc3N)cc2)C1. The Morgan fingerprint density at radius 2 is 1.93 bits per heavy atom. The molecule has 0 saturated carbocycles. The molecule has 2 aromatic carbocycles. The third kappa shape index (κ3) is 4.78. The standard InChI is InChI=1S/C21H25N3O3/c1-2-27-20(25)13-15-11-12-24(14-15)17-9-7-16(8-10-17)21(26)23-19-6-4-3-5-18(19)22/h3-10,15H,2,11-14,22H2,1H3,(H,23,26)/t15-/m1/s1. The fourth-order valence-electron chi connectivity index (χ4n) is 3.32. The van der Waals surface area contributed by atoms with Crippen LogP contribution >= 0.6 is 0 Å². The number of nitrogens with two attached hydrogens (primary N) is 1. The number of nitrogen functional groups attached to an aromatic ring is 1. The second kappa shape index (κ2) is 8.58. The lowest BCUT2D eigenvalue weighted by Crippen LogP contribution is -2.21. The van der Waals surface area contributed by atoms with E-state index in [1.807, 2.05) is 43.3 Å². The highest BCUT2D eigenvalue weighted by Gasteiger charge is 2.25. The number of benzene rings is 2. The first-order chi connectivity index (χ1) is 13.1. The maximum absolute atomic E-state index is 12.4. The Balaban J connectivity index is 1.58. The summed E-state index contributed by atoms with van der Waals surface area (Å²) in [6, 6.07) is 14.7. The predicted octanol–water partition coefficient (Wildman–Crippen LogP) is 3.30. The molecule has 6 heteroatoms. The van der Waals surface area contributed by atoms with Gasteiger partial charge in [-0.3, -0.25) is 9.59 Å². The van der Waals surface area contributed by atoms with Gasteiger partial charge in [0.05, 0.1) is 24.4 Å². The third-order valence-corrected chi connectivity index (χ3v) is 4.75. The summed E-state index contributed by atoms with van der Waals surface area (Å²) in [6.07, 6.45) is 1.43. The fraction of sp³-hybridized carbons (Fsp3) is 0.333. The van der Waals surface area contributed by atoms with Crippen molar-refractivity contribution in [3.8, 4) is 0 Å². The van der Waals surface area contributed by atoms with Crippen molar-refractivity contribution in [3.63, 3.8) is 0 Å². The number of carbonyl (C=O) groups excluding carboxylic acids is 2. The minimum atomic E-state index is -0.193. The van der Waals surface area contributed by atoms with E-state index in [-0.39, 0.29) is 11.9 Å². The maximum atomic E-state index is 12.4. The molecule has 27 heavy (non-hydrogen) atoms. The molecule has 3 N–H and O–H groups in total. The summed E-state index contributed by atoms with van der Waals surface area (Å²) in [6.45, 7) is 3.97. The van der Waals surface area contributed by atoms with Gasteiger partial charge in [0.1, 0.15) is 0 Å². The van der Waals surface area contributed by atoms with E-state index < -0.39 is 0 Å². The van der Waals surface area contributed by atoms with Crippen LogP contribution in [0.15, 0.2) is 48.5 Å². The van der Waals surface area contributed by atoms with Crippen LogP contribution in [-0.2, 0) is 9.53 Å². The van der Waals surface area contributed by atoms with Crippen molar-refractivity contribution in [1.29, 1.82) is 0 Å². The number of hydrogen-bond acceptors (Lipinski definition) is 5. The Hall–Kier alpha value is -3.02. The Morgan fingerprint density at radius 3 is 2.63 bits per heavy atom. The van der Waals surface area contributed by atoms with Crippen molar-refractivity contribution in [2.45, 2.75) is 19.8 Å². The highest BCUT2D eigenvalue weighted by Crippen LogP contribution is 2.26. The molecule has 0 spiro atoms. The Morgan fingerprint density at radius 1 is 1.19 bits per heavy atom. The summed E-state index contributed by atoms with van der Waals surface area (Å²) >= 11 is 0. The molecule has 2 aromatic rings. The number of para-hydroxylation sites is 2. The molecule has 1 aliphatic heterocycles. The summed E-state index contributed by atoms with van der Waals surface area (Å²) in [5.41, 5.74) is 8.63. The number of hydrogen-bond donors (Lipinski definition) is 2. The minimum Gasteiger partial charge on any atom is -0.466 e. The third-order valence-electron chi connectivity index (χ3n) is 4.75. The van der Waals surface area contributed by atoms with Gasteiger partial charge in [-0.15, -0.1) is 0 Å². The fourth-order valence-corrected chi connectivity index (χ4v) is 3.32. The van der Waals surface area contributed by atoms with Crippen molar-refractivity contribution in [1.82, 2.24) is 0 Å². The monoisotopic (exact) mass is 367 g/mol. The van der Waals surface area contributed by atoms with Crippen LogP contribution in [-0.4, -0.2) is 31.6 Å². The van der Waals surface area contributed by atoms with E-state index in [2.05, 4.69) is 10.2 Å². The summed E-state index contributed by atoms with van der Waals surface area (Å²) in [5.74, 6) is -0.00862. The summed E-state index contributed by atoms with van der Waals surface area (Å²) < 4.78 is 5.03.